The standard InChI is InChI=1S/C15H12ClNO/c1-9-5-7-10(8-6-9)13-14-11(16)3-2-4-12(14)17-15(13)18/h2-8,13H,1H3,(H,17,18). The number of aryl methyl sites for hydroxylation is 1. The Balaban J connectivity index is 2.14. The van der Waals surface area contributed by atoms with Gasteiger partial charge in [0.05, 0.1) is 5.92 Å². The average molecular weight is 258 g/mol. The summed E-state index contributed by atoms with van der Waals surface area (Å²) in [6.07, 6.45) is 0. The normalized spacial score (nSPS) is 17.4. The van der Waals surface area contributed by atoms with Crippen molar-refractivity contribution in [3.8, 4) is 0 Å². The van der Waals surface area contributed by atoms with Gasteiger partial charge < -0.3 is 5.32 Å². The Labute approximate surface area is 111 Å². The van der Waals surface area contributed by atoms with E-state index in [-0.39, 0.29) is 11.8 Å². The molecule has 18 heavy (non-hydrogen) atoms. The summed E-state index contributed by atoms with van der Waals surface area (Å²) in [5, 5.41) is 3.51. The van der Waals surface area contributed by atoms with Crippen molar-refractivity contribution in [2.45, 2.75) is 12.8 Å². The summed E-state index contributed by atoms with van der Waals surface area (Å²) in [6.45, 7) is 2.03. The Bertz CT molecular complexity index is 619. The molecule has 0 radical (unpaired) electrons. The molecule has 3 rings (SSSR count). The molecule has 3 heteroatoms. The van der Waals surface area contributed by atoms with Crippen molar-refractivity contribution >= 4 is 23.2 Å². The second-order valence-corrected chi connectivity index (χ2v) is 4.94. The summed E-state index contributed by atoms with van der Waals surface area (Å²) in [5.74, 6) is -0.309. The van der Waals surface area contributed by atoms with Crippen molar-refractivity contribution in [1.29, 1.82) is 0 Å². The van der Waals surface area contributed by atoms with E-state index in [0.717, 1.165) is 16.8 Å². The monoisotopic (exact) mass is 257 g/mol. The Morgan fingerprint density at radius 2 is 1.83 bits per heavy atom. The van der Waals surface area contributed by atoms with Gasteiger partial charge in [0, 0.05) is 16.3 Å². The number of carbonyl (C=O) groups is 1. The van der Waals surface area contributed by atoms with Crippen LogP contribution in [-0.2, 0) is 4.79 Å². The highest BCUT2D eigenvalue weighted by molar-refractivity contribution is 6.33. The van der Waals surface area contributed by atoms with E-state index in [1.807, 2.05) is 49.4 Å². The van der Waals surface area contributed by atoms with Crippen LogP contribution in [0, 0.1) is 6.92 Å². The van der Waals surface area contributed by atoms with Crippen molar-refractivity contribution in [2.24, 2.45) is 0 Å². The van der Waals surface area contributed by atoms with E-state index < -0.39 is 0 Å². The van der Waals surface area contributed by atoms with E-state index in [1.165, 1.54) is 5.56 Å². The summed E-state index contributed by atoms with van der Waals surface area (Å²) in [7, 11) is 0. The van der Waals surface area contributed by atoms with Crippen molar-refractivity contribution < 1.29 is 4.79 Å². The molecule has 1 unspecified atom stereocenters. The van der Waals surface area contributed by atoms with E-state index in [9.17, 15) is 4.79 Å². The molecule has 1 N–H and O–H groups in total. The van der Waals surface area contributed by atoms with Gasteiger partial charge in [-0.25, -0.2) is 0 Å². The highest BCUT2D eigenvalue weighted by atomic mass is 35.5. The molecule has 2 aromatic carbocycles. The molecule has 0 aliphatic carbocycles. The van der Waals surface area contributed by atoms with Crippen LogP contribution < -0.4 is 5.32 Å². The molecule has 0 bridgehead atoms. The zero-order chi connectivity index (χ0) is 12.7. The minimum Gasteiger partial charge on any atom is -0.325 e. The maximum Gasteiger partial charge on any atom is 0.236 e. The molecular weight excluding hydrogens is 246 g/mol. The van der Waals surface area contributed by atoms with Gasteiger partial charge in [-0.2, -0.15) is 0 Å². The van der Waals surface area contributed by atoms with Crippen LogP contribution in [0.4, 0.5) is 5.69 Å². The first-order valence-electron chi connectivity index (χ1n) is 5.82. The third kappa shape index (κ3) is 1.70. The minimum atomic E-state index is -0.297. The van der Waals surface area contributed by atoms with Gasteiger partial charge in [-0.3, -0.25) is 4.79 Å². The Morgan fingerprint density at radius 3 is 2.56 bits per heavy atom. The van der Waals surface area contributed by atoms with E-state index in [1.54, 1.807) is 0 Å². The smallest absolute Gasteiger partial charge is 0.236 e. The second-order valence-electron chi connectivity index (χ2n) is 4.53. The van der Waals surface area contributed by atoms with E-state index in [2.05, 4.69) is 5.32 Å². The summed E-state index contributed by atoms with van der Waals surface area (Å²) >= 11 is 6.22. The van der Waals surface area contributed by atoms with Gasteiger partial charge >= 0.3 is 0 Å². The zero-order valence-corrected chi connectivity index (χ0v) is 10.7. The van der Waals surface area contributed by atoms with Gasteiger partial charge in [0.2, 0.25) is 5.91 Å². The summed E-state index contributed by atoms with van der Waals surface area (Å²) in [5.41, 5.74) is 3.85. The summed E-state index contributed by atoms with van der Waals surface area (Å²) in [4.78, 5) is 12.1. The molecule has 1 aliphatic rings. The summed E-state index contributed by atoms with van der Waals surface area (Å²) < 4.78 is 0. The number of nitrogens with one attached hydrogen (secondary N) is 1. The van der Waals surface area contributed by atoms with Gasteiger partial charge in [0.1, 0.15) is 0 Å². The lowest BCUT2D eigenvalue weighted by Crippen LogP contribution is -2.13. The van der Waals surface area contributed by atoms with Gasteiger partial charge in [0.25, 0.3) is 0 Å². The molecule has 0 aromatic heterocycles. The first-order valence-corrected chi connectivity index (χ1v) is 6.20. The van der Waals surface area contributed by atoms with Crippen LogP contribution in [0.25, 0.3) is 0 Å². The number of hydrogen-bond donors (Lipinski definition) is 1. The van der Waals surface area contributed by atoms with Crippen molar-refractivity contribution in [1.82, 2.24) is 0 Å². The maximum absolute atomic E-state index is 12.1. The van der Waals surface area contributed by atoms with Gasteiger partial charge in [0.15, 0.2) is 0 Å². The van der Waals surface area contributed by atoms with Gasteiger partial charge in [-0.1, -0.05) is 47.5 Å². The topological polar surface area (TPSA) is 29.1 Å². The Kier molecular flexibility index (Phi) is 2.60. The molecule has 90 valence electrons. The fourth-order valence-corrected chi connectivity index (χ4v) is 2.64. The molecule has 2 nitrogen and oxygen atoms in total. The quantitative estimate of drug-likeness (QED) is 0.829. The number of carbonyl (C=O) groups excluding carboxylic acids is 1. The van der Waals surface area contributed by atoms with E-state index in [0.29, 0.717) is 5.02 Å². The Hall–Kier alpha value is -1.80. The number of halogens is 1. The minimum absolute atomic E-state index is 0.0121. The van der Waals surface area contributed by atoms with Crippen LogP contribution in [0.3, 0.4) is 0 Å². The molecule has 0 fully saturated rings. The second kappa shape index (κ2) is 4.14. The lowest BCUT2D eigenvalue weighted by Gasteiger charge is -2.10. The van der Waals surface area contributed by atoms with Gasteiger partial charge in [-0.15, -0.1) is 0 Å². The molecule has 2 aromatic rings. The first-order chi connectivity index (χ1) is 8.66. The predicted molar refractivity (Wildman–Crippen MR) is 73.1 cm³/mol. The van der Waals surface area contributed by atoms with Gasteiger partial charge in [-0.05, 0) is 24.6 Å². The molecule has 0 saturated heterocycles. The molecule has 1 amide bonds. The number of fused-ring (bicyclic) bond motifs is 1. The van der Waals surface area contributed by atoms with Crippen molar-refractivity contribution in [3.05, 3.63) is 64.2 Å². The number of hydrogen-bond acceptors (Lipinski definition) is 1. The van der Waals surface area contributed by atoms with Crippen LogP contribution in [0.2, 0.25) is 5.02 Å². The third-order valence-corrected chi connectivity index (χ3v) is 3.60. The average Bonchev–Trinajstić information content (AvgIpc) is 2.68. The molecule has 0 saturated carbocycles. The third-order valence-electron chi connectivity index (χ3n) is 3.27. The highest BCUT2D eigenvalue weighted by Gasteiger charge is 2.33. The fourth-order valence-electron chi connectivity index (χ4n) is 2.35. The molecular formula is C15H12ClNO. The van der Waals surface area contributed by atoms with Crippen LogP contribution >= 0.6 is 11.6 Å². The molecule has 0 spiro atoms. The van der Waals surface area contributed by atoms with Crippen molar-refractivity contribution in [2.75, 3.05) is 5.32 Å². The number of benzene rings is 2. The molecule has 1 aliphatic heterocycles. The van der Waals surface area contributed by atoms with Crippen LogP contribution in [0.1, 0.15) is 22.6 Å². The Morgan fingerprint density at radius 1 is 1.11 bits per heavy atom. The maximum atomic E-state index is 12.1. The van der Waals surface area contributed by atoms with Crippen LogP contribution in [0.5, 0.6) is 0 Å². The molecule has 1 atom stereocenters. The number of amides is 1. The lowest BCUT2D eigenvalue weighted by molar-refractivity contribution is -0.116. The highest BCUT2D eigenvalue weighted by Crippen LogP contribution is 2.41. The van der Waals surface area contributed by atoms with E-state index >= 15 is 0 Å². The lowest BCUT2D eigenvalue weighted by atomic mass is 9.92. The molecule has 1 heterocycles. The fraction of sp³-hybridized carbons (Fsp3) is 0.133. The summed E-state index contributed by atoms with van der Waals surface area (Å²) in [6, 6.07) is 13.5. The van der Waals surface area contributed by atoms with Crippen LogP contribution in [0.15, 0.2) is 42.5 Å². The largest absolute Gasteiger partial charge is 0.325 e. The number of rotatable bonds is 1. The van der Waals surface area contributed by atoms with E-state index in [4.69, 9.17) is 11.6 Å². The van der Waals surface area contributed by atoms with Crippen molar-refractivity contribution in [3.63, 3.8) is 0 Å². The SMILES string of the molecule is Cc1ccc(C2C(=O)Nc3cccc(Cl)c32)cc1. The number of anilines is 1. The first kappa shape index (κ1) is 11.3. The zero-order valence-electron chi connectivity index (χ0n) is 9.91. The predicted octanol–water partition coefficient (Wildman–Crippen LogP) is 3.73. The van der Waals surface area contributed by atoms with Crippen LogP contribution in [-0.4, -0.2) is 5.91 Å².